The van der Waals surface area contributed by atoms with Gasteiger partial charge in [-0.25, -0.2) is 9.97 Å². The Morgan fingerprint density at radius 3 is 2.47 bits per heavy atom. The predicted molar refractivity (Wildman–Crippen MR) is 122 cm³/mol. The number of hydrogen-bond donors (Lipinski definition) is 1. The minimum atomic E-state index is 0. The number of aryl methyl sites for hydroxylation is 2. The third-order valence-corrected chi connectivity index (χ3v) is 8.05. The van der Waals surface area contributed by atoms with Crippen molar-refractivity contribution < 1.29 is 0 Å². The van der Waals surface area contributed by atoms with Crippen LogP contribution in [0.3, 0.4) is 0 Å². The van der Waals surface area contributed by atoms with Crippen LogP contribution in [0.15, 0.2) is 0 Å². The van der Waals surface area contributed by atoms with Crippen LogP contribution in [-0.4, -0.2) is 56.2 Å². The van der Waals surface area contributed by atoms with Crippen molar-refractivity contribution in [1.29, 1.82) is 0 Å². The molecule has 0 spiro atoms. The van der Waals surface area contributed by atoms with Gasteiger partial charge in [0, 0.05) is 62.2 Å². The van der Waals surface area contributed by atoms with Gasteiger partial charge in [-0.15, -0.1) is 0 Å². The van der Waals surface area contributed by atoms with Gasteiger partial charge in [0.25, 0.3) is 0 Å². The van der Waals surface area contributed by atoms with Crippen molar-refractivity contribution in [2.45, 2.75) is 83.7 Å². The molecule has 30 heavy (non-hydrogen) atoms. The molecule has 1 N–H and O–H groups in total. The summed E-state index contributed by atoms with van der Waals surface area (Å²) in [7, 11) is 6.56. The molecule has 0 saturated carbocycles. The average molecular weight is 413 g/mol. The van der Waals surface area contributed by atoms with Gasteiger partial charge in [-0.2, -0.15) is 0 Å². The van der Waals surface area contributed by atoms with Gasteiger partial charge in [0.15, 0.2) is 0 Å². The van der Waals surface area contributed by atoms with Crippen LogP contribution in [0.4, 0.5) is 0 Å². The quantitative estimate of drug-likeness (QED) is 0.722. The Balaban J connectivity index is 0.000000141. The summed E-state index contributed by atoms with van der Waals surface area (Å²) in [5, 5.41) is 3.59. The van der Waals surface area contributed by atoms with Crippen LogP contribution in [0, 0.1) is 13.8 Å². The lowest BCUT2D eigenvalue weighted by molar-refractivity contribution is 0.153. The topological polar surface area (TPSA) is 50.9 Å². The Morgan fingerprint density at radius 2 is 1.67 bits per heavy atom. The molecule has 166 valence electrons. The summed E-state index contributed by atoms with van der Waals surface area (Å²) in [5.74, 6) is 3.84. The van der Waals surface area contributed by atoms with Crippen LogP contribution in [-0.2, 0) is 26.9 Å². The molecule has 4 atom stereocenters. The number of piperidine rings is 2. The molecule has 2 aliphatic carbocycles. The Hall–Kier alpha value is -1.66. The molecule has 2 aliphatic heterocycles. The standard InChI is InChI=1S/C12H19N3.C11H17N3.CH4/c1-8-13-11-7-10-6-9(4-5-14(10)2)12(11)15(8)3;1-7-13-11-8-3-4-12-9(5-8)6-10(11)14(7)2;/h9-10H,4-7H2,1-3H3;8-9,12H,3-6H2,1-2H3;1H4. The smallest absolute Gasteiger partial charge is 0.105 e. The molecule has 6 heteroatoms. The van der Waals surface area contributed by atoms with Crippen LogP contribution in [0.1, 0.15) is 79.4 Å². The van der Waals surface area contributed by atoms with E-state index in [1.165, 1.54) is 79.6 Å². The SMILES string of the molecule is C.Cc1nc2c(n1C)C1CCN(C)C(C2)C1.Cc1nc2c(n1C)CC1CC2CCN1. The zero-order chi connectivity index (χ0) is 20.3. The summed E-state index contributed by atoms with van der Waals surface area (Å²) in [5.41, 5.74) is 5.75. The summed E-state index contributed by atoms with van der Waals surface area (Å²) < 4.78 is 4.57. The lowest BCUT2D eigenvalue weighted by atomic mass is 9.80. The van der Waals surface area contributed by atoms with Gasteiger partial charge < -0.3 is 19.4 Å². The van der Waals surface area contributed by atoms with Crippen LogP contribution in [0.5, 0.6) is 0 Å². The molecule has 2 aromatic heterocycles. The maximum Gasteiger partial charge on any atom is 0.105 e. The highest BCUT2D eigenvalue weighted by atomic mass is 15.2. The molecular weight excluding hydrogens is 372 g/mol. The number of nitrogens with zero attached hydrogens (tertiary/aromatic N) is 5. The van der Waals surface area contributed by atoms with E-state index in [0.717, 1.165) is 24.3 Å². The zero-order valence-electron chi connectivity index (χ0n) is 18.7. The van der Waals surface area contributed by atoms with Crippen molar-refractivity contribution in [2.24, 2.45) is 14.1 Å². The molecule has 6 nitrogen and oxygen atoms in total. The number of fused-ring (bicyclic) bond motifs is 8. The number of hydrogen-bond acceptors (Lipinski definition) is 4. The van der Waals surface area contributed by atoms with E-state index in [1.807, 2.05) is 0 Å². The second kappa shape index (κ2) is 8.12. The van der Waals surface area contributed by atoms with Gasteiger partial charge in [0.1, 0.15) is 11.6 Å². The first-order valence-corrected chi connectivity index (χ1v) is 11.4. The highest BCUT2D eigenvalue weighted by molar-refractivity contribution is 5.27. The third-order valence-electron chi connectivity index (χ3n) is 8.05. The van der Waals surface area contributed by atoms with Gasteiger partial charge in [-0.1, -0.05) is 7.43 Å². The first-order chi connectivity index (χ1) is 13.9. The molecule has 2 saturated heterocycles. The van der Waals surface area contributed by atoms with Gasteiger partial charge in [0.2, 0.25) is 0 Å². The normalized spacial score (nSPS) is 29.2. The predicted octanol–water partition coefficient (Wildman–Crippen LogP) is 3.22. The highest BCUT2D eigenvalue weighted by Crippen LogP contribution is 2.39. The lowest BCUT2D eigenvalue weighted by Crippen LogP contribution is -2.43. The molecule has 4 heterocycles. The molecule has 6 rings (SSSR count). The first kappa shape index (κ1) is 21.6. The monoisotopic (exact) mass is 412 g/mol. The van der Waals surface area contributed by atoms with Gasteiger partial charge in [0.05, 0.1) is 11.4 Å². The molecule has 4 bridgehead atoms. The number of imidazole rings is 2. The Morgan fingerprint density at radius 1 is 0.900 bits per heavy atom. The minimum Gasteiger partial charge on any atom is -0.335 e. The summed E-state index contributed by atoms with van der Waals surface area (Å²) in [4.78, 5) is 11.9. The van der Waals surface area contributed by atoms with Gasteiger partial charge in [-0.3, -0.25) is 0 Å². The van der Waals surface area contributed by atoms with E-state index in [-0.39, 0.29) is 7.43 Å². The largest absolute Gasteiger partial charge is 0.335 e. The number of likely N-dealkylation sites (tertiary alicyclic amines) is 1. The van der Waals surface area contributed by atoms with Crippen molar-refractivity contribution >= 4 is 0 Å². The van der Waals surface area contributed by atoms with E-state index >= 15 is 0 Å². The van der Waals surface area contributed by atoms with Crippen molar-refractivity contribution in [3.63, 3.8) is 0 Å². The van der Waals surface area contributed by atoms with Crippen molar-refractivity contribution in [1.82, 2.24) is 29.3 Å². The second-order valence-electron chi connectivity index (χ2n) is 9.74. The Kier molecular flexibility index (Phi) is 5.84. The Bertz CT molecular complexity index is 909. The summed E-state index contributed by atoms with van der Waals surface area (Å²) >= 11 is 0. The van der Waals surface area contributed by atoms with E-state index in [1.54, 1.807) is 0 Å². The van der Waals surface area contributed by atoms with E-state index in [0.29, 0.717) is 6.04 Å². The summed E-state index contributed by atoms with van der Waals surface area (Å²) in [6.07, 6.45) is 7.53. The maximum atomic E-state index is 4.71. The Labute approximate surface area is 182 Å². The lowest BCUT2D eigenvalue weighted by Gasteiger charge is -2.40. The van der Waals surface area contributed by atoms with Crippen molar-refractivity contribution in [3.05, 3.63) is 34.4 Å². The average Bonchev–Trinajstić information content (AvgIpc) is 3.16. The fraction of sp³-hybridized carbons (Fsp3) is 0.750. The molecule has 0 radical (unpaired) electrons. The first-order valence-electron chi connectivity index (χ1n) is 11.4. The third kappa shape index (κ3) is 3.52. The maximum absolute atomic E-state index is 4.71. The molecule has 0 aromatic carbocycles. The molecular formula is C24H40N6. The van der Waals surface area contributed by atoms with Gasteiger partial charge >= 0.3 is 0 Å². The molecule has 0 amide bonds. The van der Waals surface area contributed by atoms with Gasteiger partial charge in [-0.05, 0) is 59.7 Å². The second-order valence-corrected chi connectivity index (χ2v) is 9.74. The van der Waals surface area contributed by atoms with Crippen LogP contribution >= 0.6 is 0 Å². The fourth-order valence-corrected chi connectivity index (χ4v) is 6.13. The van der Waals surface area contributed by atoms with Crippen LogP contribution in [0.2, 0.25) is 0 Å². The van der Waals surface area contributed by atoms with Crippen LogP contribution in [0.25, 0.3) is 0 Å². The van der Waals surface area contributed by atoms with Crippen LogP contribution < -0.4 is 5.32 Å². The number of likely N-dealkylation sites (N-methyl/N-ethyl adjacent to an activating group) is 1. The highest BCUT2D eigenvalue weighted by Gasteiger charge is 2.36. The van der Waals surface area contributed by atoms with Crippen molar-refractivity contribution in [2.75, 3.05) is 20.1 Å². The molecule has 4 unspecified atom stereocenters. The van der Waals surface area contributed by atoms with E-state index < -0.39 is 0 Å². The molecule has 4 aliphatic rings. The number of aromatic nitrogens is 4. The van der Waals surface area contributed by atoms with E-state index in [2.05, 4.69) is 54.3 Å². The van der Waals surface area contributed by atoms with E-state index in [9.17, 15) is 0 Å². The minimum absolute atomic E-state index is 0. The molecule has 2 aromatic rings. The van der Waals surface area contributed by atoms with Crippen molar-refractivity contribution in [3.8, 4) is 0 Å². The zero-order valence-corrected chi connectivity index (χ0v) is 18.7. The summed E-state index contributed by atoms with van der Waals surface area (Å²) in [6, 6.07) is 1.45. The number of nitrogens with one attached hydrogen (secondary N) is 1. The van der Waals surface area contributed by atoms with E-state index in [4.69, 9.17) is 9.97 Å². The fourth-order valence-electron chi connectivity index (χ4n) is 6.13. The number of rotatable bonds is 0. The molecule has 2 fully saturated rings. The summed E-state index contributed by atoms with van der Waals surface area (Å²) in [6.45, 7) is 6.64.